The van der Waals surface area contributed by atoms with Crippen LogP contribution in [-0.4, -0.2) is 24.1 Å². The Morgan fingerprint density at radius 3 is 2.42 bits per heavy atom. The molecule has 0 aliphatic rings. The summed E-state index contributed by atoms with van der Waals surface area (Å²) in [5.74, 6) is -0.916. The van der Waals surface area contributed by atoms with E-state index in [4.69, 9.17) is 4.74 Å². The highest BCUT2D eigenvalue weighted by atomic mass is 32.1. The summed E-state index contributed by atoms with van der Waals surface area (Å²) in [5.41, 5.74) is 1.82. The van der Waals surface area contributed by atoms with E-state index in [0.717, 1.165) is 21.8 Å². The number of aromatic carboxylic acids is 1. The normalized spacial score (nSPS) is 11.8. The minimum absolute atomic E-state index is 0.204. The van der Waals surface area contributed by atoms with Crippen LogP contribution in [0.5, 0.6) is 5.75 Å². The van der Waals surface area contributed by atoms with Crippen LogP contribution in [0.2, 0.25) is 0 Å². The van der Waals surface area contributed by atoms with Crippen molar-refractivity contribution in [3.63, 3.8) is 0 Å². The number of benzene rings is 1. The van der Waals surface area contributed by atoms with Crippen molar-refractivity contribution in [1.29, 1.82) is 0 Å². The highest BCUT2D eigenvalue weighted by molar-refractivity contribution is 7.16. The lowest BCUT2D eigenvalue weighted by Gasteiger charge is -2.13. The van der Waals surface area contributed by atoms with Crippen molar-refractivity contribution in [2.75, 3.05) is 12.4 Å². The molecule has 5 nitrogen and oxygen atoms in total. The smallest absolute Gasteiger partial charge is 0.339 e. The van der Waals surface area contributed by atoms with Gasteiger partial charge in [0.15, 0.2) is 0 Å². The van der Waals surface area contributed by atoms with E-state index in [1.54, 1.807) is 26.2 Å². The number of carboxylic acids is 1. The third kappa shape index (κ3) is 3.59. The first-order chi connectivity index (χ1) is 11.4. The molecule has 1 aromatic carbocycles. The zero-order valence-electron chi connectivity index (χ0n) is 14.2. The van der Waals surface area contributed by atoms with Crippen LogP contribution >= 0.6 is 11.3 Å². The maximum Gasteiger partial charge on any atom is 0.339 e. The number of nitrogens with one attached hydrogen (secondary N) is 1. The molecule has 1 heterocycles. The van der Waals surface area contributed by atoms with E-state index in [1.165, 1.54) is 11.3 Å². The summed E-state index contributed by atoms with van der Waals surface area (Å²) in [4.78, 5) is 25.0. The number of methoxy groups -OCH3 is 1. The fraction of sp³-hybridized carbons (Fsp3) is 0.333. The number of ether oxygens (including phenoxy) is 1. The second-order valence-corrected chi connectivity index (χ2v) is 6.71. The predicted octanol–water partition coefficient (Wildman–Crippen LogP) is 4.07. The Morgan fingerprint density at radius 1 is 1.29 bits per heavy atom. The zero-order valence-corrected chi connectivity index (χ0v) is 15.0. The fourth-order valence-corrected chi connectivity index (χ4v) is 3.72. The molecule has 0 saturated carbocycles. The van der Waals surface area contributed by atoms with E-state index in [1.807, 2.05) is 26.0 Å². The summed E-state index contributed by atoms with van der Waals surface area (Å²) >= 11 is 1.31. The van der Waals surface area contributed by atoms with E-state index in [-0.39, 0.29) is 11.5 Å². The highest BCUT2D eigenvalue weighted by Gasteiger charge is 2.24. The molecule has 0 aliphatic carbocycles. The van der Waals surface area contributed by atoms with Gasteiger partial charge in [-0.3, -0.25) is 4.79 Å². The van der Waals surface area contributed by atoms with Gasteiger partial charge in [-0.25, -0.2) is 4.79 Å². The number of carbonyl (C=O) groups excluding carboxylic acids is 1. The van der Waals surface area contributed by atoms with Crippen LogP contribution in [0.1, 0.15) is 46.1 Å². The van der Waals surface area contributed by atoms with Gasteiger partial charge in [0.1, 0.15) is 10.8 Å². The van der Waals surface area contributed by atoms with E-state index in [0.29, 0.717) is 11.4 Å². The summed E-state index contributed by atoms with van der Waals surface area (Å²) in [5, 5.41) is 12.6. The molecule has 0 spiro atoms. The molecule has 0 saturated heterocycles. The second-order valence-electron chi connectivity index (χ2n) is 5.48. The maximum atomic E-state index is 12.5. The van der Waals surface area contributed by atoms with Crippen molar-refractivity contribution in [2.45, 2.75) is 33.1 Å². The Hall–Kier alpha value is -2.34. The van der Waals surface area contributed by atoms with Gasteiger partial charge in [0.2, 0.25) is 5.91 Å². The number of hydrogen-bond donors (Lipinski definition) is 2. The largest absolute Gasteiger partial charge is 0.497 e. The van der Waals surface area contributed by atoms with Crippen molar-refractivity contribution in [3.05, 3.63) is 45.8 Å². The molecule has 0 bridgehead atoms. The first kappa shape index (κ1) is 18.0. The third-order valence-corrected chi connectivity index (χ3v) is 5.09. The van der Waals surface area contributed by atoms with Crippen LogP contribution in [0.25, 0.3) is 0 Å². The number of rotatable bonds is 6. The summed E-state index contributed by atoms with van der Waals surface area (Å²) in [6, 6.07) is 7.26. The molecule has 1 atom stereocenters. The molecule has 128 valence electrons. The fourth-order valence-electron chi connectivity index (χ4n) is 2.58. The molecule has 2 rings (SSSR count). The van der Waals surface area contributed by atoms with E-state index in [9.17, 15) is 14.7 Å². The number of thiophene rings is 1. The van der Waals surface area contributed by atoms with E-state index < -0.39 is 11.9 Å². The lowest BCUT2D eigenvalue weighted by Crippen LogP contribution is -2.19. The van der Waals surface area contributed by atoms with Crippen LogP contribution in [0, 0.1) is 6.92 Å². The Labute approximate surface area is 145 Å². The number of aryl methyl sites for hydroxylation is 1. The number of anilines is 1. The molecule has 1 aromatic heterocycles. The van der Waals surface area contributed by atoms with Crippen molar-refractivity contribution in [1.82, 2.24) is 0 Å². The van der Waals surface area contributed by atoms with Gasteiger partial charge in [-0.15, -0.1) is 11.3 Å². The average molecular weight is 347 g/mol. The summed E-state index contributed by atoms with van der Waals surface area (Å²) in [6.07, 6.45) is 0.619. The molecular weight excluding hydrogens is 326 g/mol. The molecule has 0 aliphatic heterocycles. The van der Waals surface area contributed by atoms with Gasteiger partial charge in [-0.05, 0) is 43.5 Å². The topological polar surface area (TPSA) is 75.6 Å². The second kappa shape index (κ2) is 7.49. The van der Waals surface area contributed by atoms with Crippen LogP contribution in [0.15, 0.2) is 24.3 Å². The van der Waals surface area contributed by atoms with Gasteiger partial charge in [0, 0.05) is 4.88 Å². The number of hydrogen-bond acceptors (Lipinski definition) is 4. The molecule has 2 aromatic rings. The molecule has 2 N–H and O–H groups in total. The number of carboxylic acid groups (broad SMARTS) is 1. The van der Waals surface area contributed by atoms with Gasteiger partial charge in [-0.1, -0.05) is 19.1 Å². The lowest BCUT2D eigenvalue weighted by molar-refractivity contribution is -0.117. The third-order valence-electron chi connectivity index (χ3n) is 4.02. The van der Waals surface area contributed by atoms with Gasteiger partial charge in [-0.2, -0.15) is 0 Å². The first-order valence-electron chi connectivity index (χ1n) is 7.69. The molecule has 0 radical (unpaired) electrons. The highest BCUT2D eigenvalue weighted by Crippen LogP contribution is 2.34. The molecule has 1 amide bonds. The Morgan fingerprint density at radius 2 is 1.92 bits per heavy atom. The molecule has 0 fully saturated rings. The molecule has 6 heteroatoms. The van der Waals surface area contributed by atoms with Crippen molar-refractivity contribution in [3.8, 4) is 5.75 Å². The molecule has 1 unspecified atom stereocenters. The maximum absolute atomic E-state index is 12.5. The van der Waals surface area contributed by atoms with E-state index in [2.05, 4.69) is 5.32 Å². The minimum atomic E-state index is -1.01. The van der Waals surface area contributed by atoms with Crippen LogP contribution in [0.4, 0.5) is 5.00 Å². The van der Waals surface area contributed by atoms with Gasteiger partial charge >= 0.3 is 5.97 Å². The SMILES string of the molecule is CCc1c(C)sc(NC(=O)C(C)c2ccc(OC)cc2)c1C(=O)O. The number of carbonyl (C=O) groups is 2. The van der Waals surface area contributed by atoms with Crippen molar-refractivity contribution >= 4 is 28.2 Å². The summed E-state index contributed by atoms with van der Waals surface area (Å²) < 4.78 is 5.11. The van der Waals surface area contributed by atoms with Gasteiger partial charge in [0.05, 0.1) is 18.6 Å². The Kier molecular flexibility index (Phi) is 5.62. The minimum Gasteiger partial charge on any atom is -0.497 e. The average Bonchev–Trinajstić information content (AvgIpc) is 2.89. The van der Waals surface area contributed by atoms with Crippen LogP contribution in [0.3, 0.4) is 0 Å². The standard InChI is InChI=1S/C18H21NO4S/c1-5-14-11(3)24-17(15(14)18(21)22)19-16(20)10(2)12-6-8-13(23-4)9-7-12/h6-10H,5H2,1-4H3,(H,19,20)(H,21,22). The zero-order chi connectivity index (χ0) is 17.9. The van der Waals surface area contributed by atoms with Crippen molar-refractivity contribution < 1.29 is 19.4 Å². The Bertz CT molecular complexity index is 749. The lowest BCUT2D eigenvalue weighted by atomic mass is 10.00. The number of amides is 1. The molecular formula is C18H21NO4S. The van der Waals surface area contributed by atoms with Crippen molar-refractivity contribution in [2.24, 2.45) is 0 Å². The van der Waals surface area contributed by atoms with Crippen LogP contribution < -0.4 is 10.1 Å². The van der Waals surface area contributed by atoms with Gasteiger partial charge in [0.25, 0.3) is 0 Å². The Balaban J connectivity index is 2.24. The monoisotopic (exact) mass is 347 g/mol. The predicted molar refractivity (Wildman–Crippen MR) is 95.4 cm³/mol. The van der Waals surface area contributed by atoms with Crippen LogP contribution in [-0.2, 0) is 11.2 Å². The summed E-state index contributed by atoms with van der Waals surface area (Å²) in [7, 11) is 1.59. The first-order valence-corrected chi connectivity index (χ1v) is 8.51. The van der Waals surface area contributed by atoms with E-state index >= 15 is 0 Å². The van der Waals surface area contributed by atoms with Gasteiger partial charge < -0.3 is 15.2 Å². The summed E-state index contributed by atoms with van der Waals surface area (Å²) in [6.45, 7) is 5.57. The quantitative estimate of drug-likeness (QED) is 0.826. The molecule has 24 heavy (non-hydrogen) atoms.